The predicted octanol–water partition coefficient (Wildman–Crippen LogP) is 3.41. The van der Waals surface area contributed by atoms with Crippen LogP contribution in [0.1, 0.15) is 30.4 Å². The molecule has 0 fully saturated rings. The van der Waals surface area contributed by atoms with Gasteiger partial charge < -0.3 is 4.90 Å². The maximum atomic E-state index is 12.0. The number of halogens is 1. The summed E-state index contributed by atoms with van der Waals surface area (Å²) in [7, 11) is 1.88. The summed E-state index contributed by atoms with van der Waals surface area (Å²) >= 11 is 5.62. The summed E-state index contributed by atoms with van der Waals surface area (Å²) in [5.74, 6) is 0.899. The fourth-order valence-corrected chi connectivity index (χ4v) is 2.04. The van der Waals surface area contributed by atoms with Gasteiger partial charge in [0.1, 0.15) is 0 Å². The maximum Gasteiger partial charge on any atom is 0.226 e. The number of alkyl halides is 1. The minimum atomic E-state index is 0.190. The monoisotopic (exact) mass is 267 g/mol. The Hall–Kier alpha value is -1.02. The first-order chi connectivity index (χ1) is 8.65. The molecule has 0 aliphatic carbocycles. The third kappa shape index (κ3) is 5.09. The van der Waals surface area contributed by atoms with Gasteiger partial charge in [-0.15, -0.1) is 11.6 Å². The molecule has 1 rings (SSSR count). The molecular formula is C15H22ClNO. The third-order valence-corrected chi connectivity index (χ3v) is 3.42. The van der Waals surface area contributed by atoms with E-state index in [1.54, 1.807) is 0 Å². The average molecular weight is 268 g/mol. The lowest BCUT2D eigenvalue weighted by atomic mass is 10.1. The number of amides is 1. The molecule has 0 atom stereocenters. The van der Waals surface area contributed by atoms with E-state index in [9.17, 15) is 4.79 Å². The second kappa shape index (κ2) is 8.15. The normalized spacial score (nSPS) is 10.4. The van der Waals surface area contributed by atoms with Crippen LogP contribution in [-0.4, -0.2) is 30.3 Å². The number of hydrogen-bond donors (Lipinski definition) is 0. The zero-order chi connectivity index (χ0) is 13.4. The molecule has 0 aliphatic heterocycles. The van der Waals surface area contributed by atoms with Gasteiger partial charge in [0.15, 0.2) is 0 Å². The molecule has 3 heteroatoms. The first kappa shape index (κ1) is 15.0. The lowest BCUT2D eigenvalue weighted by Gasteiger charge is -2.17. The predicted molar refractivity (Wildman–Crippen MR) is 77.1 cm³/mol. The van der Waals surface area contributed by atoms with E-state index in [0.29, 0.717) is 12.3 Å². The molecule has 100 valence electrons. The highest BCUT2D eigenvalue weighted by Gasteiger charge is 2.10. The molecular weight excluding hydrogens is 246 g/mol. The highest BCUT2D eigenvalue weighted by molar-refractivity contribution is 6.17. The number of unbranched alkanes of at least 4 members (excludes halogenated alkanes) is 2. The van der Waals surface area contributed by atoms with Gasteiger partial charge in [0, 0.05) is 19.5 Å². The van der Waals surface area contributed by atoms with E-state index < -0.39 is 0 Å². The van der Waals surface area contributed by atoms with Crippen molar-refractivity contribution in [3.05, 3.63) is 35.4 Å². The maximum absolute atomic E-state index is 12.0. The molecule has 0 bridgehead atoms. The number of hydrogen-bond acceptors (Lipinski definition) is 1. The van der Waals surface area contributed by atoms with Crippen molar-refractivity contribution in [2.45, 2.75) is 32.6 Å². The largest absolute Gasteiger partial charge is 0.345 e. The Kier molecular flexibility index (Phi) is 6.81. The number of nitrogens with zero attached hydrogens (tertiary/aromatic N) is 1. The summed E-state index contributed by atoms with van der Waals surface area (Å²) in [5, 5.41) is 0. The van der Waals surface area contributed by atoms with Crippen molar-refractivity contribution in [3.63, 3.8) is 0 Å². The van der Waals surface area contributed by atoms with E-state index in [0.717, 1.165) is 31.4 Å². The summed E-state index contributed by atoms with van der Waals surface area (Å²) in [6.45, 7) is 2.87. The Morgan fingerprint density at radius 1 is 1.22 bits per heavy atom. The van der Waals surface area contributed by atoms with Crippen molar-refractivity contribution in [2.24, 2.45) is 0 Å². The molecule has 18 heavy (non-hydrogen) atoms. The topological polar surface area (TPSA) is 20.3 Å². The van der Waals surface area contributed by atoms with E-state index >= 15 is 0 Å². The van der Waals surface area contributed by atoms with Crippen molar-refractivity contribution in [3.8, 4) is 0 Å². The summed E-state index contributed by atoms with van der Waals surface area (Å²) in [4.78, 5) is 13.8. The summed E-state index contributed by atoms with van der Waals surface area (Å²) in [5.41, 5.74) is 2.30. The van der Waals surface area contributed by atoms with E-state index in [2.05, 4.69) is 0 Å². The smallest absolute Gasteiger partial charge is 0.226 e. The molecule has 0 radical (unpaired) electrons. The Morgan fingerprint density at radius 2 is 1.94 bits per heavy atom. The highest BCUT2D eigenvalue weighted by atomic mass is 35.5. The van der Waals surface area contributed by atoms with Gasteiger partial charge in [-0.1, -0.05) is 30.7 Å². The number of benzene rings is 1. The van der Waals surface area contributed by atoms with Crippen LogP contribution in [0.2, 0.25) is 0 Å². The number of aryl methyl sites for hydroxylation is 1. The van der Waals surface area contributed by atoms with Gasteiger partial charge in [-0.3, -0.25) is 4.79 Å². The fourth-order valence-electron chi connectivity index (χ4n) is 1.85. The van der Waals surface area contributed by atoms with Gasteiger partial charge in [0.2, 0.25) is 5.91 Å². The lowest BCUT2D eigenvalue weighted by Crippen LogP contribution is -2.29. The molecule has 0 saturated carbocycles. The molecule has 0 heterocycles. The van der Waals surface area contributed by atoms with Crippen LogP contribution >= 0.6 is 11.6 Å². The van der Waals surface area contributed by atoms with Crippen molar-refractivity contribution in [1.82, 2.24) is 4.90 Å². The fraction of sp³-hybridized carbons (Fsp3) is 0.533. The molecule has 0 spiro atoms. The van der Waals surface area contributed by atoms with Crippen LogP contribution in [0.15, 0.2) is 24.3 Å². The van der Waals surface area contributed by atoms with E-state index in [1.165, 1.54) is 5.56 Å². The van der Waals surface area contributed by atoms with Gasteiger partial charge in [-0.2, -0.15) is 0 Å². The zero-order valence-corrected chi connectivity index (χ0v) is 12.0. The van der Waals surface area contributed by atoms with Crippen LogP contribution in [0.3, 0.4) is 0 Å². The second-order valence-electron chi connectivity index (χ2n) is 4.67. The number of carbonyl (C=O) groups excluding carboxylic acids is 1. The van der Waals surface area contributed by atoms with Crippen LogP contribution in [0.4, 0.5) is 0 Å². The molecule has 2 nitrogen and oxygen atoms in total. The summed E-state index contributed by atoms with van der Waals surface area (Å²) < 4.78 is 0. The van der Waals surface area contributed by atoms with Gasteiger partial charge in [0.25, 0.3) is 0 Å². The number of carbonyl (C=O) groups is 1. The van der Waals surface area contributed by atoms with Crippen LogP contribution in [0, 0.1) is 6.92 Å². The number of likely N-dealkylation sites (N-methyl/N-ethyl adjacent to an activating group) is 1. The number of rotatable bonds is 7. The van der Waals surface area contributed by atoms with E-state index in [4.69, 9.17) is 11.6 Å². The standard InChI is InChI=1S/C15H22ClNO/c1-13-8-4-5-9-14(13)12-15(18)17(2)11-7-3-6-10-16/h4-5,8-9H,3,6-7,10-12H2,1-2H3. The Labute approximate surface area is 115 Å². The van der Waals surface area contributed by atoms with Crippen molar-refractivity contribution in [1.29, 1.82) is 0 Å². The molecule has 0 unspecified atom stereocenters. The van der Waals surface area contributed by atoms with Crippen molar-refractivity contribution < 1.29 is 4.79 Å². The molecule has 0 saturated heterocycles. The Balaban J connectivity index is 2.38. The SMILES string of the molecule is Cc1ccccc1CC(=O)N(C)CCCCCCl. The third-order valence-electron chi connectivity index (χ3n) is 3.16. The van der Waals surface area contributed by atoms with Crippen LogP contribution < -0.4 is 0 Å². The first-order valence-corrected chi connectivity index (χ1v) is 7.03. The van der Waals surface area contributed by atoms with Crippen LogP contribution in [0.5, 0.6) is 0 Å². The highest BCUT2D eigenvalue weighted by Crippen LogP contribution is 2.09. The average Bonchev–Trinajstić information content (AvgIpc) is 2.37. The molecule has 1 amide bonds. The summed E-state index contributed by atoms with van der Waals surface area (Å²) in [6, 6.07) is 8.05. The van der Waals surface area contributed by atoms with Crippen LogP contribution in [-0.2, 0) is 11.2 Å². The Morgan fingerprint density at radius 3 is 2.61 bits per heavy atom. The van der Waals surface area contributed by atoms with Crippen molar-refractivity contribution >= 4 is 17.5 Å². The van der Waals surface area contributed by atoms with Crippen molar-refractivity contribution in [2.75, 3.05) is 19.5 Å². The quantitative estimate of drug-likeness (QED) is 0.548. The Bertz CT molecular complexity index is 379. The molecule has 0 N–H and O–H groups in total. The van der Waals surface area contributed by atoms with E-state index in [-0.39, 0.29) is 5.91 Å². The molecule has 0 aromatic heterocycles. The zero-order valence-electron chi connectivity index (χ0n) is 11.3. The summed E-state index contributed by atoms with van der Waals surface area (Å²) in [6.07, 6.45) is 3.65. The van der Waals surface area contributed by atoms with Gasteiger partial charge in [-0.05, 0) is 30.9 Å². The molecule has 1 aromatic carbocycles. The second-order valence-corrected chi connectivity index (χ2v) is 5.05. The first-order valence-electron chi connectivity index (χ1n) is 6.49. The minimum Gasteiger partial charge on any atom is -0.345 e. The van der Waals surface area contributed by atoms with Gasteiger partial charge in [0.05, 0.1) is 6.42 Å². The van der Waals surface area contributed by atoms with Gasteiger partial charge >= 0.3 is 0 Å². The van der Waals surface area contributed by atoms with Gasteiger partial charge in [-0.25, -0.2) is 0 Å². The molecule has 0 aliphatic rings. The minimum absolute atomic E-state index is 0.190. The lowest BCUT2D eigenvalue weighted by molar-refractivity contribution is -0.129. The van der Waals surface area contributed by atoms with E-state index in [1.807, 2.05) is 43.1 Å². The van der Waals surface area contributed by atoms with Crippen LogP contribution in [0.25, 0.3) is 0 Å². The molecule has 1 aromatic rings.